The van der Waals surface area contributed by atoms with Gasteiger partial charge >= 0.3 is 5.97 Å². The Bertz CT molecular complexity index is 641. The minimum atomic E-state index is -1.14. The number of carboxylic acids is 1. The number of ether oxygens (including phenoxy) is 1. The van der Waals surface area contributed by atoms with Crippen LogP contribution < -0.4 is 4.74 Å². The highest BCUT2D eigenvalue weighted by Gasteiger charge is 2.15. The van der Waals surface area contributed by atoms with E-state index in [4.69, 9.17) is 21.4 Å². The van der Waals surface area contributed by atoms with Gasteiger partial charge in [-0.3, -0.25) is 0 Å². The fraction of sp³-hybridized carbons (Fsp3) is 0.0714. The Labute approximate surface area is 114 Å². The first-order valence-electron chi connectivity index (χ1n) is 5.45. The van der Waals surface area contributed by atoms with Gasteiger partial charge in [-0.1, -0.05) is 23.7 Å². The minimum Gasteiger partial charge on any atom is -0.478 e. The van der Waals surface area contributed by atoms with Crippen molar-refractivity contribution in [1.82, 2.24) is 0 Å². The number of benzene rings is 2. The van der Waals surface area contributed by atoms with Gasteiger partial charge in [0.25, 0.3) is 0 Å². The van der Waals surface area contributed by atoms with E-state index in [0.29, 0.717) is 0 Å². The van der Waals surface area contributed by atoms with Crippen molar-refractivity contribution in [2.45, 2.75) is 6.92 Å². The predicted octanol–water partition coefficient (Wildman–Crippen LogP) is 4.28. The SMILES string of the molecule is Cc1ccc(C(=O)O)c(Oc2cccc(Cl)c2F)c1. The van der Waals surface area contributed by atoms with Gasteiger partial charge in [-0.15, -0.1) is 0 Å². The van der Waals surface area contributed by atoms with E-state index in [1.165, 1.54) is 30.3 Å². The van der Waals surface area contributed by atoms with Crippen LogP contribution in [0.5, 0.6) is 11.5 Å². The lowest BCUT2D eigenvalue weighted by Crippen LogP contribution is -2.01. The van der Waals surface area contributed by atoms with Crippen molar-refractivity contribution in [3.63, 3.8) is 0 Å². The molecule has 0 heterocycles. The Kier molecular flexibility index (Phi) is 3.71. The fourth-order valence-electron chi connectivity index (χ4n) is 1.57. The lowest BCUT2D eigenvalue weighted by molar-refractivity contribution is 0.0694. The van der Waals surface area contributed by atoms with Crippen LogP contribution in [0.15, 0.2) is 36.4 Å². The molecule has 0 atom stereocenters. The maximum Gasteiger partial charge on any atom is 0.339 e. The Morgan fingerprint density at radius 3 is 2.68 bits per heavy atom. The second-order valence-electron chi connectivity index (χ2n) is 3.96. The number of carboxylic acid groups (broad SMARTS) is 1. The first-order chi connectivity index (χ1) is 8.99. The summed E-state index contributed by atoms with van der Waals surface area (Å²) < 4.78 is 19.0. The standard InChI is InChI=1S/C14H10ClFO3/c1-8-5-6-9(14(17)18)12(7-8)19-11-4-2-3-10(15)13(11)16/h2-7H,1H3,(H,17,18). The molecule has 0 radical (unpaired) electrons. The summed E-state index contributed by atoms with van der Waals surface area (Å²) >= 11 is 5.64. The van der Waals surface area contributed by atoms with E-state index in [9.17, 15) is 9.18 Å². The van der Waals surface area contributed by atoms with Crippen LogP contribution in [0.4, 0.5) is 4.39 Å². The lowest BCUT2D eigenvalue weighted by atomic mass is 10.1. The number of halogens is 2. The van der Waals surface area contributed by atoms with Gasteiger partial charge in [0.15, 0.2) is 11.6 Å². The molecule has 0 bridgehead atoms. The summed E-state index contributed by atoms with van der Waals surface area (Å²) in [5, 5.41) is 8.98. The zero-order chi connectivity index (χ0) is 14.0. The van der Waals surface area contributed by atoms with Crippen molar-refractivity contribution in [2.24, 2.45) is 0 Å². The number of carbonyl (C=O) groups is 1. The van der Waals surface area contributed by atoms with Crippen molar-refractivity contribution < 1.29 is 19.0 Å². The van der Waals surface area contributed by atoms with E-state index in [0.717, 1.165) is 5.56 Å². The van der Waals surface area contributed by atoms with Crippen molar-refractivity contribution in [3.05, 3.63) is 58.4 Å². The minimum absolute atomic E-state index is 0.0371. The highest BCUT2D eigenvalue weighted by Crippen LogP contribution is 2.31. The predicted molar refractivity (Wildman–Crippen MR) is 69.6 cm³/mol. The van der Waals surface area contributed by atoms with E-state index < -0.39 is 11.8 Å². The van der Waals surface area contributed by atoms with Crippen molar-refractivity contribution in [3.8, 4) is 11.5 Å². The number of hydrogen-bond acceptors (Lipinski definition) is 2. The Morgan fingerprint density at radius 1 is 1.26 bits per heavy atom. The molecule has 0 fully saturated rings. The normalized spacial score (nSPS) is 10.3. The van der Waals surface area contributed by atoms with Gasteiger partial charge < -0.3 is 9.84 Å². The summed E-state index contributed by atoms with van der Waals surface area (Å²) in [7, 11) is 0. The molecular formula is C14H10ClFO3. The molecule has 5 heteroatoms. The Hall–Kier alpha value is -2.07. The van der Waals surface area contributed by atoms with E-state index in [-0.39, 0.29) is 22.1 Å². The third-order valence-electron chi connectivity index (χ3n) is 2.50. The lowest BCUT2D eigenvalue weighted by Gasteiger charge is -2.10. The highest BCUT2D eigenvalue weighted by molar-refractivity contribution is 6.30. The molecule has 2 aromatic rings. The zero-order valence-electron chi connectivity index (χ0n) is 9.98. The molecule has 98 valence electrons. The fourth-order valence-corrected chi connectivity index (χ4v) is 1.74. The van der Waals surface area contributed by atoms with Crippen molar-refractivity contribution >= 4 is 17.6 Å². The summed E-state index contributed by atoms with van der Waals surface area (Å²) in [6.07, 6.45) is 0. The van der Waals surface area contributed by atoms with Crippen LogP contribution in [0.1, 0.15) is 15.9 Å². The zero-order valence-corrected chi connectivity index (χ0v) is 10.7. The topological polar surface area (TPSA) is 46.5 Å². The van der Waals surface area contributed by atoms with E-state index in [1.807, 2.05) is 0 Å². The highest BCUT2D eigenvalue weighted by atomic mass is 35.5. The van der Waals surface area contributed by atoms with Crippen molar-refractivity contribution in [1.29, 1.82) is 0 Å². The quantitative estimate of drug-likeness (QED) is 0.913. The summed E-state index contributed by atoms with van der Waals surface area (Å²) in [4.78, 5) is 11.1. The van der Waals surface area contributed by atoms with E-state index in [1.54, 1.807) is 13.0 Å². The molecule has 0 amide bonds. The van der Waals surface area contributed by atoms with Gasteiger partial charge in [-0.25, -0.2) is 9.18 Å². The molecule has 0 aliphatic heterocycles. The third-order valence-corrected chi connectivity index (χ3v) is 2.80. The van der Waals surface area contributed by atoms with Crippen LogP contribution in [0.2, 0.25) is 5.02 Å². The smallest absolute Gasteiger partial charge is 0.339 e. The molecule has 0 aliphatic rings. The molecule has 0 unspecified atom stereocenters. The molecule has 0 aliphatic carbocycles. The largest absolute Gasteiger partial charge is 0.478 e. The second kappa shape index (κ2) is 5.28. The van der Waals surface area contributed by atoms with Gasteiger partial charge in [-0.05, 0) is 36.8 Å². The molecule has 2 aromatic carbocycles. The first kappa shape index (κ1) is 13.4. The maximum atomic E-state index is 13.7. The molecule has 0 aromatic heterocycles. The Balaban J connectivity index is 2.45. The monoisotopic (exact) mass is 280 g/mol. The molecule has 19 heavy (non-hydrogen) atoms. The molecule has 1 N–H and O–H groups in total. The first-order valence-corrected chi connectivity index (χ1v) is 5.82. The third kappa shape index (κ3) is 2.85. The number of aryl methyl sites for hydroxylation is 1. The number of rotatable bonds is 3. The summed E-state index contributed by atoms with van der Waals surface area (Å²) in [6.45, 7) is 1.78. The van der Waals surface area contributed by atoms with Gasteiger partial charge in [0.05, 0.1) is 5.02 Å². The summed E-state index contributed by atoms with van der Waals surface area (Å²) in [5.74, 6) is -1.89. The van der Waals surface area contributed by atoms with Crippen LogP contribution >= 0.6 is 11.6 Å². The van der Waals surface area contributed by atoms with Crippen LogP contribution in [-0.4, -0.2) is 11.1 Å². The van der Waals surface area contributed by atoms with Crippen molar-refractivity contribution in [2.75, 3.05) is 0 Å². The summed E-state index contributed by atoms with van der Waals surface area (Å²) in [5.41, 5.74) is 0.771. The second-order valence-corrected chi connectivity index (χ2v) is 4.37. The number of aromatic carboxylic acids is 1. The van der Waals surface area contributed by atoms with Crippen LogP contribution in [0, 0.1) is 12.7 Å². The van der Waals surface area contributed by atoms with E-state index in [2.05, 4.69) is 0 Å². The number of hydrogen-bond donors (Lipinski definition) is 1. The van der Waals surface area contributed by atoms with Crippen LogP contribution in [0.3, 0.4) is 0 Å². The van der Waals surface area contributed by atoms with Gasteiger partial charge in [0.2, 0.25) is 0 Å². The van der Waals surface area contributed by atoms with Crippen LogP contribution in [0.25, 0.3) is 0 Å². The van der Waals surface area contributed by atoms with Crippen LogP contribution in [-0.2, 0) is 0 Å². The van der Waals surface area contributed by atoms with E-state index >= 15 is 0 Å². The van der Waals surface area contributed by atoms with Gasteiger partial charge in [0.1, 0.15) is 11.3 Å². The molecule has 2 rings (SSSR count). The Morgan fingerprint density at radius 2 is 2.00 bits per heavy atom. The maximum absolute atomic E-state index is 13.7. The van der Waals surface area contributed by atoms with Gasteiger partial charge in [-0.2, -0.15) is 0 Å². The molecule has 0 saturated carbocycles. The molecule has 0 spiro atoms. The average molecular weight is 281 g/mol. The molecular weight excluding hydrogens is 271 g/mol. The average Bonchev–Trinajstić information content (AvgIpc) is 2.35. The molecule has 3 nitrogen and oxygen atoms in total. The van der Waals surface area contributed by atoms with Gasteiger partial charge in [0, 0.05) is 0 Å². The summed E-state index contributed by atoms with van der Waals surface area (Å²) in [6, 6.07) is 8.88. The molecule has 0 saturated heterocycles.